The number of aromatic nitrogens is 3. The van der Waals surface area contributed by atoms with E-state index in [4.69, 9.17) is 0 Å². The average Bonchev–Trinajstić information content (AvgIpc) is 2.88. The Balaban J connectivity index is 1.57. The number of hydrogen-bond donors (Lipinski definition) is 1. The number of carbonyl (C=O) groups is 1. The van der Waals surface area contributed by atoms with Crippen molar-refractivity contribution in [2.24, 2.45) is 5.92 Å². The van der Waals surface area contributed by atoms with Gasteiger partial charge in [0.1, 0.15) is 5.82 Å². The molecule has 1 aliphatic rings. The van der Waals surface area contributed by atoms with E-state index in [2.05, 4.69) is 20.3 Å². The van der Waals surface area contributed by atoms with Crippen molar-refractivity contribution in [3.8, 4) is 0 Å². The van der Waals surface area contributed by atoms with E-state index in [1.165, 1.54) is 0 Å². The van der Waals surface area contributed by atoms with Gasteiger partial charge in [-0.3, -0.25) is 14.8 Å². The number of nitrogens with one attached hydrogen (secondary N) is 1. The van der Waals surface area contributed by atoms with Gasteiger partial charge in [0.25, 0.3) is 5.91 Å². The van der Waals surface area contributed by atoms with Gasteiger partial charge in [-0.1, -0.05) is 0 Å². The predicted octanol–water partition coefficient (Wildman–Crippen LogP) is 2.71. The fourth-order valence-electron chi connectivity index (χ4n) is 3.23. The van der Waals surface area contributed by atoms with Gasteiger partial charge in [0.05, 0.1) is 23.7 Å². The predicted molar refractivity (Wildman–Crippen MR) is 97.5 cm³/mol. The molecular weight excluding hydrogens is 314 g/mol. The van der Waals surface area contributed by atoms with Gasteiger partial charge in [0.15, 0.2) is 0 Å². The van der Waals surface area contributed by atoms with E-state index in [9.17, 15) is 4.79 Å². The zero-order valence-electron chi connectivity index (χ0n) is 14.9. The van der Waals surface area contributed by atoms with Crippen LogP contribution in [0, 0.1) is 12.8 Å². The molecule has 1 amide bonds. The molecular formula is C19H25N5O. The number of rotatable bonds is 4. The third-order valence-corrected chi connectivity index (χ3v) is 4.75. The van der Waals surface area contributed by atoms with Crippen molar-refractivity contribution in [1.82, 2.24) is 19.9 Å². The second kappa shape index (κ2) is 8.05. The standard InChI is InChI=1S/C19H25N5O/c1-14-5-6-16(11-21-14)19(25)24-8-3-4-15(7-9-24)10-17-12-23-18(20-2)13-22-17/h5-6,11-13,15H,3-4,7-10H2,1-2H3,(H,20,23)/t15-/m1/s1. The first-order valence-electron chi connectivity index (χ1n) is 8.86. The number of hydrogen-bond acceptors (Lipinski definition) is 5. The lowest BCUT2D eigenvalue weighted by Gasteiger charge is -2.20. The van der Waals surface area contributed by atoms with Gasteiger partial charge in [0, 0.05) is 32.0 Å². The number of nitrogens with zero attached hydrogens (tertiary/aromatic N) is 4. The van der Waals surface area contributed by atoms with Gasteiger partial charge in [-0.25, -0.2) is 4.98 Å². The Morgan fingerprint density at radius 1 is 1.16 bits per heavy atom. The SMILES string of the molecule is CNc1cnc(C[C@@H]2CCCN(C(=O)c3ccc(C)nc3)CC2)cn1. The summed E-state index contributed by atoms with van der Waals surface area (Å²) in [4.78, 5) is 27.7. The van der Waals surface area contributed by atoms with Crippen LogP contribution in [0.2, 0.25) is 0 Å². The molecule has 0 spiro atoms. The molecule has 1 fully saturated rings. The molecule has 132 valence electrons. The molecule has 0 aromatic carbocycles. The Bertz CT molecular complexity index is 699. The van der Waals surface area contributed by atoms with E-state index in [1.54, 1.807) is 12.4 Å². The largest absolute Gasteiger partial charge is 0.372 e. The molecule has 1 saturated heterocycles. The minimum absolute atomic E-state index is 0.0892. The quantitative estimate of drug-likeness (QED) is 0.927. The highest BCUT2D eigenvalue weighted by Crippen LogP contribution is 2.22. The van der Waals surface area contributed by atoms with Crippen LogP contribution in [-0.2, 0) is 6.42 Å². The van der Waals surface area contributed by atoms with Gasteiger partial charge in [-0.05, 0) is 50.7 Å². The molecule has 3 heterocycles. The number of pyridine rings is 1. The first-order chi connectivity index (χ1) is 12.2. The Kier molecular flexibility index (Phi) is 5.58. The minimum atomic E-state index is 0.0892. The van der Waals surface area contributed by atoms with Crippen LogP contribution in [0.4, 0.5) is 5.82 Å². The first-order valence-corrected chi connectivity index (χ1v) is 8.86. The molecule has 0 aliphatic carbocycles. The van der Waals surface area contributed by atoms with Gasteiger partial charge < -0.3 is 10.2 Å². The highest BCUT2D eigenvalue weighted by molar-refractivity contribution is 5.93. The van der Waals surface area contributed by atoms with Crippen molar-refractivity contribution >= 4 is 11.7 Å². The summed E-state index contributed by atoms with van der Waals surface area (Å²) in [5, 5.41) is 2.98. The van der Waals surface area contributed by atoms with Crippen LogP contribution in [-0.4, -0.2) is 45.9 Å². The molecule has 25 heavy (non-hydrogen) atoms. The van der Waals surface area contributed by atoms with Crippen molar-refractivity contribution in [3.63, 3.8) is 0 Å². The first kappa shape index (κ1) is 17.3. The van der Waals surface area contributed by atoms with Crippen molar-refractivity contribution in [2.45, 2.75) is 32.6 Å². The Labute approximate surface area is 148 Å². The smallest absolute Gasteiger partial charge is 0.255 e. The Hall–Kier alpha value is -2.50. The zero-order valence-corrected chi connectivity index (χ0v) is 14.9. The van der Waals surface area contributed by atoms with Crippen LogP contribution in [0.1, 0.15) is 41.0 Å². The maximum atomic E-state index is 12.7. The lowest BCUT2D eigenvalue weighted by atomic mass is 9.95. The van der Waals surface area contributed by atoms with E-state index < -0.39 is 0 Å². The molecule has 2 aromatic heterocycles. The third kappa shape index (κ3) is 4.53. The summed E-state index contributed by atoms with van der Waals surface area (Å²) in [6.07, 6.45) is 9.36. The van der Waals surface area contributed by atoms with Gasteiger partial charge in [-0.2, -0.15) is 0 Å². The number of carbonyl (C=O) groups excluding carboxylic acids is 1. The Morgan fingerprint density at radius 2 is 2.04 bits per heavy atom. The maximum Gasteiger partial charge on any atom is 0.255 e. The zero-order chi connectivity index (χ0) is 17.6. The minimum Gasteiger partial charge on any atom is -0.372 e. The van der Waals surface area contributed by atoms with Crippen LogP contribution in [0.25, 0.3) is 0 Å². The fourth-order valence-corrected chi connectivity index (χ4v) is 3.23. The van der Waals surface area contributed by atoms with Gasteiger partial charge in [0.2, 0.25) is 0 Å². The molecule has 1 N–H and O–H groups in total. The van der Waals surface area contributed by atoms with Gasteiger partial charge in [-0.15, -0.1) is 0 Å². The highest BCUT2D eigenvalue weighted by atomic mass is 16.2. The summed E-state index contributed by atoms with van der Waals surface area (Å²) in [6.45, 7) is 3.53. The van der Waals surface area contributed by atoms with E-state index in [-0.39, 0.29) is 5.91 Å². The molecule has 3 rings (SSSR count). The second-order valence-corrected chi connectivity index (χ2v) is 6.62. The normalized spacial score (nSPS) is 17.8. The van der Waals surface area contributed by atoms with Crippen LogP contribution >= 0.6 is 0 Å². The summed E-state index contributed by atoms with van der Waals surface area (Å²) >= 11 is 0. The summed E-state index contributed by atoms with van der Waals surface area (Å²) in [5.41, 5.74) is 2.63. The molecule has 0 unspecified atom stereocenters. The third-order valence-electron chi connectivity index (χ3n) is 4.75. The maximum absolute atomic E-state index is 12.7. The monoisotopic (exact) mass is 339 g/mol. The molecule has 0 bridgehead atoms. The summed E-state index contributed by atoms with van der Waals surface area (Å²) in [7, 11) is 1.84. The number of likely N-dealkylation sites (tertiary alicyclic amines) is 1. The fraction of sp³-hybridized carbons (Fsp3) is 0.474. The summed E-state index contributed by atoms with van der Waals surface area (Å²) in [6, 6.07) is 3.76. The second-order valence-electron chi connectivity index (χ2n) is 6.62. The van der Waals surface area contributed by atoms with Crippen LogP contribution in [0.15, 0.2) is 30.7 Å². The topological polar surface area (TPSA) is 71.0 Å². The van der Waals surface area contributed by atoms with Crippen LogP contribution < -0.4 is 5.32 Å². The van der Waals surface area contributed by atoms with Gasteiger partial charge >= 0.3 is 0 Å². The van der Waals surface area contributed by atoms with Crippen molar-refractivity contribution < 1.29 is 4.79 Å². The van der Waals surface area contributed by atoms with E-state index >= 15 is 0 Å². The number of anilines is 1. The van der Waals surface area contributed by atoms with E-state index in [0.29, 0.717) is 11.5 Å². The van der Waals surface area contributed by atoms with Crippen LogP contribution in [0.3, 0.4) is 0 Å². The molecule has 1 atom stereocenters. The molecule has 0 radical (unpaired) electrons. The lowest BCUT2D eigenvalue weighted by molar-refractivity contribution is 0.0759. The average molecular weight is 339 g/mol. The highest BCUT2D eigenvalue weighted by Gasteiger charge is 2.22. The molecule has 6 nitrogen and oxygen atoms in total. The lowest BCUT2D eigenvalue weighted by Crippen LogP contribution is -2.32. The number of amides is 1. The van der Waals surface area contributed by atoms with E-state index in [0.717, 1.165) is 56.0 Å². The molecule has 1 aliphatic heterocycles. The van der Waals surface area contributed by atoms with Crippen molar-refractivity contribution in [3.05, 3.63) is 47.7 Å². The molecule has 2 aromatic rings. The van der Waals surface area contributed by atoms with Crippen molar-refractivity contribution in [1.29, 1.82) is 0 Å². The summed E-state index contributed by atoms with van der Waals surface area (Å²) < 4.78 is 0. The van der Waals surface area contributed by atoms with Crippen LogP contribution in [0.5, 0.6) is 0 Å². The number of aryl methyl sites for hydroxylation is 1. The molecule has 6 heteroatoms. The molecule has 0 saturated carbocycles. The van der Waals surface area contributed by atoms with Crippen molar-refractivity contribution in [2.75, 3.05) is 25.5 Å². The Morgan fingerprint density at radius 3 is 2.72 bits per heavy atom. The van der Waals surface area contributed by atoms with E-state index in [1.807, 2.05) is 37.2 Å². The summed E-state index contributed by atoms with van der Waals surface area (Å²) in [5.74, 6) is 1.42.